The van der Waals surface area contributed by atoms with Gasteiger partial charge in [0, 0.05) is 28.4 Å². The largest absolute Gasteiger partial charge is 0.505 e. The lowest BCUT2D eigenvalue weighted by Gasteiger charge is -2.24. The lowest BCUT2D eigenvalue weighted by molar-refractivity contribution is -0.137. The highest BCUT2D eigenvalue weighted by atomic mass is 35.5. The smallest absolute Gasteiger partial charge is 0.319 e. The molecule has 1 heterocycles. The normalized spacial score (nSPS) is 11.4. The van der Waals surface area contributed by atoms with Gasteiger partial charge in [0.15, 0.2) is 5.69 Å². The number of hydrogen-bond donors (Lipinski definition) is 4. The van der Waals surface area contributed by atoms with Gasteiger partial charge in [0.25, 0.3) is 5.56 Å². The molecule has 11 heteroatoms. The Morgan fingerprint density at radius 1 is 1.02 bits per heavy atom. The number of carboxylic acids is 1. The molecule has 0 spiro atoms. The van der Waals surface area contributed by atoms with Crippen molar-refractivity contribution in [2.24, 2.45) is 0 Å². The number of halogens is 1. The molecule has 0 fully saturated rings. The third kappa shape index (κ3) is 6.67. The zero-order valence-electron chi connectivity index (χ0n) is 23.2. The number of benzene rings is 3. The summed E-state index contributed by atoms with van der Waals surface area (Å²) in [5.41, 5.74) is 1.69. The van der Waals surface area contributed by atoms with Crippen LogP contribution in [0.3, 0.4) is 0 Å². The molecule has 218 valence electrons. The van der Waals surface area contributed by atoms with Crippen LogP contribution in [-0.4, -0.2) is 41.0 Å². The van der Waals surface area contributed by atoms with Crippen molar-refractivity contribution >= 4 is 29.3 Å². The van der Waals surface area contributed by atoms with Gasteiger partial charge in [-0.3, -0.25) is 9.59 Å². The predicted molar refractivity (Wildman–Crippen MR) is 160 cm³/mol. The van der Waals surface area contributed by atoms with Crippen molar-refractivity contribution < 1.29 is 29.3 Å². The summed E-state index contributed by atoms with van der Waals surface area (Å²) in [6.45, 7) is 1.68. The van der Waals surface area contributed by atoms with Crippen LogP contribution in [0.1, 0.15) is 29.2 Å². The Bertz CT molecular complexity index is 1670. The van der Waals surface area contributed by atoms with Gasteiger partial charge in [0.05, 0.1) is 33.2 Å². The summed E-state index contributed by atoms with van der Waals surface area (Å²) in [4.78, 5) is 38.6. The molecule has 0 unspecified atom stereocenters. The quantitative estimate of drug-likeness (QED) is 0.189. The average molecular weight is 592 g/mol. The van der Waals surface area contributed by atoms with Gasteiger partial charge in [0.2, 0.25) is 0 Å². The number of rotatable bonds is 10. The third-order valence-corrected chi connectivity index (χ3v) is 7.03. The van der Waals surface area contributed by atoms with Crippen LogP contribution >= 0.6 is 11.6 Å². The summed E-state index contributed by atoms with van der Waals surface area (Å²) in [5, 5.41) is 26.0. The summed E-state index contributed by atoms with van der Waals surface area (Å²) >= 11 is 6.27. The van der Waals surface area contributed by atoms with E-state index in [0.717, 1.165) is 5.56 Å². The van der Waals surface area contributed by atoms with Gasteiger partial charge in [-0.15, -0.1) is 0 Å². The van der Waals surface area contributed by atoms with Crippen molar-refractivity contribution in [2.75, 3.05) is 19.5 Å². The summed E-state index contributed by atoms with van der Waals surface area (Å²) in [5.74, 6) is -0.831. The molecule has 10 nitrogen and oxygen atoms in total. The Balaban J connectivity index is 1.72. The number of nitrogens with zero attached hydrogens (tertiary/aromatic N) is 1. The molecule has 2 amide bonds. The van der Waals surface area contributed by atoms with E-state index >= 15 is 0 Å². The van der Waals surface area contributed by atoms with E-state index in [0.29, 0.717) is 38.8 Å². The highest BCUT2D eigenvalue weighted by Gasteiger charge is 2.27. The van der Waals surface area contributed by atoms with Crippen LogP contribution in [0, 0.1) is 6.92 Å². The van der Waals surface area contributed by atoms with Crippen molar-refractivity contribution in [1.29, 1.82) is 0 Å². The first-order valence-electron chi connectivity index (χ1n) is 12.9. The second kappa shape index (κ2) is 13.1. The first-order valence-corrected chi connectivity index (χ1v) is 13.3. The number of aromatic hydroxyl groups is 1. The number of anilines is 1. The number of ether oxygens (including phenoxy) is 2. The van der Waals surface area contributed by atoms with E-state index in [2.05, 4.69) is 10.6 Å². The van der Waals surface area contributed by atoms with Gasteiger partial charge in [-0.1, -0.05) is 60.1 Å². The van der Waals surface area contributed by atoms with Crippen LogP contribution in [-0.2, 0) is 11.3 Å². The number of nitrogens with one attached hydrogen (secondary N) is 2. The van der Waals surface area contributed by atoms with E-state index in [1.165, 1.54) is 25.0 Å². The van der Waals surface area contributed by atoms with E-state index < -0.39 is 35.8 Å². The number of pyridine rings is 1. The molecular formula is C31H30ClN3O7. The van der Waals surface area contributed by atoms with Crippen LogP contribution in [0.4, 0.5) is 10.5 Å². The maximum Gasteiger partial charge on any atom is 0.319 e. The maximum absolute atomic E-state index is 13.3. The number of amides is 2. The second-order valence-electron chi connectivity index (χ2n) is 9.47. The highest BCUT2D eigenvalue weighted by molar-refractivity contribution is 6.31. The maximum atomic E-state index is 13.3. The van der Waals surface area contributed by atoms with Crippen LogP contribution in [0.15, 0.2) is 77.7 Å². The lowest BCUT2D eigenvalue weighted by atomic mass is 9.92. The molecule has 3 aromatic carbocycles. The minimum absolute atomic E-state index is 0.0983. The molecule has 0 saturated heterocycles. The summed E-state index contributed by atoms with van der Waals surface area (Å²) in [6, 6.07) is 17.5. The lowest BCUT2D eigenvalue weighted by Crippen LogP contribution is -2.36. The number of carboxylic acid groups (broad SMARTS) is 1. The van der Waals surface area contributed by atoms with Crippen molar-refractivity contribution in [3.05, 3.63) is 105 Å². The Hall–Kier alpha value is -4.96. The average Bonchev–Trinajstić information content (AvgIpc) is 2.98. The van der Waals surface area contributed by atoms with Gasteiger partial charge in [0.1, 0.15) is 17.2 Å². The number of aliphatic carboxylic acids is 1. The first kappa shape index (κ1) is 30.0. The number of aromatic nitrogens is 1. The summed E-state index contributed by atoms with van der Waals surface area (Å²) in [7, 11) is 2.92. The zero-order chi connectivity index (χ0) is 30.4. The van der Waals surface area contributed by atoms with E-state index in [1.54, 1.807) is 43.3 Å². The Morgan fingerprint density at radius 3 is 2.36 bits per heavy atom. The van der Waals surface area contributed by atoms with Crippen LogP contribution in [0.5, 0.6) is 17.2 Å². The Labute approximate surface area is 247 Å². The molecule has 4 rings (SSSR count). The minimum atomic E-state index is -1.18. The van der Waals surface area contributed by atoms with Crippen LogP contribution in [0.2, 0.25) is 5.02 Å². The number of carbonyl (C=O) groups is 2. The molecule has 0 bridgehead atoms. The first-order chi connectivity index (χ1) is 20.1. The van der Waals surface area contributed by atoms with Crippen molar-refractivity contribution in [2.45, 2.75) is 25.9 Å². The van der Waals surface area contributed by atoms with Gasteiger partial charge >= 0.3 is 12.0 Å². The second-order valence-corrected chi connectivity index (χ2v) is 9.87. The Kier molecular flexibility index (Phi) is 9.39. The fraction of sp³-hybridized carbons (Fsp3) is 0.194. The predicted octanol–water partition coefficient (Wildman–Crippen LogP) is 5.59. The van der Waals surface area contributed by atoms with Crippen molar-refractivity contribution in [3.63, 3.8) is 0 Å². The molecule has 0 aliphatic rings. The fourth-order valence-corrected chi connectivity index (χ4v) is 4.84. The van der Waals surface area contributed by atoms with E-state index in [9.17, 15) is 24.6 Å². The number of urea groups is 1. The molecule has 0 saturated carbocycles. The van der Waals surface area contributed by atoms with Gasteiger partial charge in [-0.2, -0.15) is 0 Å². The van der Waals surface area contributed by atoms with Crippen LogP contribution < -0.4 is 25.7 Å². The SMILES string of the molecule is COc1cc(OC)c([C@H](CC(=O)O)NC(=O)Nc2c(O)c(C)cn(Cc3ccccc3Cl)c2=O)c(-c2ccccc2)c1. The summed E-state index contributed by atoms with van der Waals surface area (Å²) < 4.78 is 12.3. The van der Waals surface area contributed by atoms with Gasteiger partial charge in [-0.25, -0.2) is 4.79 Å². The molecule has 0 aliphatic heterocycles. The third-order valence-electron chi connectivity index (χ3n) is 6.66. The molecule has 4 N–H and O–H groups in total. The summed E-state index contributed by atoms with van der Waals surface area (Å²) in [6.07, 6.45) is 0.956. The molecule has 1 aromatic heterocycles. The Morgan fingerprint density at radius 2 is 1.71 bits per heavy atom. The highest BCUT2D eigenvalue weighted by Crippen LogP contribution is 2.40. The number of carbonyl (C=O) groups excluding carboxylic acids is 1. The van der Waals surface area contributed by atoms with E-state index in [1.807, 2.05) is 30.3 Å². The number of hydrogen-bond acceptors (Lipinski definition) is 6. The zero-order valence-corrected chi connectivity index (χ0v) is 23.9. The van der Waals surface area contributed by atoms with E-state index in [-0.39, 0.29) is 12.2 Å². The van der Waals surface area contributed by atoms with Gasteiger partial charge < -0.3 is 34.9 Å². The minimum Gasteiger partial charge on any atom is -0.505 e. The standard InChI is InChI=1S/C31H30ClN3O7/c1-18-16-35(17-20-11-7-8-12-23(20)32)30(39)28(29(18)38)34-31(40)33-24(15-26(36)37)27-22(19-9-5-4-6-10-19)13-21(41-2)14-25(27)42-3/h4-14,16,24,38H,15,17H2,1-3H3,(H,36,37)(H2,33,34,40)/t24-/m0/s1. The molecule has 1 atom stereocenters. The topological polar surface area (TPSA) is 139 Å². The molecule has 0 radical (unpaired) electrons. The number of methoxy groups -OCH3 is 2. The van der Waals surface area contributed by atoms with Crippen molar-refractivity contribution in [3.8, 4) is 28.4 Å². The van der Waals surface area contributed by atoms with Crippen LogP contribution in [0.25, 0.3) is 11.1 Å². The molecule has 4 aromatic rings. The van der Waals surface area contributed by atoms with E-state index in [4.69, 9.17) is 21.1 Å². The molecule has 0 aliphatic carbocycles. The van der Waals surface area contributed by atoms with Gasteiger partial charge in [-0.05, 0) is 35.7 Å². The number of aryl methyl sites for hydroxylation is 1. The van der Waals surface area contributed by atoms with Crippen molar-refractivity contribution in [1.82, 2.24) is 9.88 Å². The fourth-order valence-electron chi connectivity index (χ4n) is 4.65. The monoisotopic (exact) mass is 591 g/mol. The molecular weight excluding hydrogens is 562 g/mol. The molecule has 42 heavy (non-hydrogen) atoms.